The summed E-state index contributed by atoms with van der Waals surface area (Å²) in [6, 6.07) is 13.5. The fraction of sp³-hybridized carbons (Fsp3) is 0.190. The summed E-state index contributed by atoms with van der Waals surface area (Å²) in [5, 5.41) is 10.1. The van der Waals surface area contributed by atoms with E-state index in [1.165, 1.54) is 11.3 Å². The molecule has 3 amide bonds. The molecule has 30 heavy (non-hydrogen) atoms. The molecular weight excluding hydrogens is 404 g/mol. The van der Waals surface area contributed by atoms with Crippen molar-refractivity contribution >= 4 is 29.0 Å². The number of nitrogens with zero attached hydrogens (tertiary/aromatic N) is 1. The second kappa shape index (κ2) is 10.8. The van der Waals surface area contributed by atoms with Gasteiger partial charge in [-0.2, -0.15) is 0 Å². The Bertz CT molecular complexity index is 961. The lowest BCUT2D eigenvalue weighted by Gasteiger charge is -2.10. The summed E-state index contributed by atoms with van der Waals surface area (Å²) in [6.07, 6.45) is 0. The molecule has 1 heterocycles. The largest absolute Gasteiger partial charge is 0.497 e. The van der Waals surface area contributed by atoms with Crippen LogP contribution in [0.3, 0.4) is 0 Å². The molecule has 156 valence electrons. The number of methoxy groups -OCH3 is 1. The van der Waals surface area contributed by atoms with Crippen molar-refractivity contribution in [3.63, 3.8) is 0 Å². The van der Waals surface area contributed by atoms with E-state index in [2.05, 4.69) is 20.9 Å². The lowest BCUT2D eigenvalue weighted by molar-refractivity contribution is 0.0954. The van der Waals surface area contributed by atoms with Gasteiger partial charge in [0.1, 0.15) is 18.1 Å². The van der Waals surface area contributed by atoms with Gasteiger partial charge in [0, 0.05) is 35.8 Å². The summed E-state index contributed by atoms with van der Waals surface area (Å²) in [7, 11) is 1.57. The van der Waals surface area contributed by atoms with E-state index in [9.17, 15) is 9.59 Å². The number of nitrogens with one attached hydrogen (secondary N) is 3. The number of ether oxygens (including phenoxy) is 2. The number of carbonyl (C=O) groups excluding carboxylic acids is 2. The predicted molar refractivity (Wildman–Crippen MR) is 115 cm³/mol. The second-order valence-electron chi connectivity index (χ2n) is 6.16. The standard InChI is InChI=1S/C21H22N4O4S/c1-28-18-7-5-15(6-8-18)20(26)22-9-10-23-21(27)25-16-3-2-4-19(11-16)29-12-17-13-30-14-24-17/h2-8,11,13-14H,9-10,12H2,1H3,(H,22,26)(H2,23,25,27). The minimum atomic E-state index is -0.370. The molecule has 0 aliphatic rings. The lowest BCUT2D eigenvalue weighted by Crippen LogP contribution is -2.36. The quantitative estimate of drug-likeness (QED) is 0.456. The smallest absolute Gasteiger partial charge is 0.319 e. The van der Waals surface area contributed by atoms with Gasteiger partial charge in [0.15, 0.2) is 0 Å². The summed E-state index contributed by atoms with van der Waals surface area (Å²) < 4.78 is 10.7. The SMILES string of the molecule is COc1ccc(C(=O)NCCNC(=O)Nc2cccc(OCc3cscn3)c2)cc1. The van der Waals surface area contributed by atoms with Crippen LogP contribution in [0.1, 0.15) is 16.1 Å². The molecule has 2 aromatic carbocycles. The molecule has 0 atom stereocenters. The van der Waals surface area contributed by atoms with E-state index in [4.69, 9.17) is 9.47 Å². The Hall–Kier alpha value is -3.59. The van der Waals surface area contributed by atoms with E-state index in [0.29, 0.717) is 35.9 Å². The minimum Gasteiger partial charge on any atom is -0.497 e. The topological polar surface area (TPSA) is 102 Å². The van der Waals surface area contributed by atoms with Gasteiger partial charge in [-0.25, -0.2) is 9.78 Å². The van der Waals surface area contributed by atoms with Crippen LogP contribution in [-0.2, 0) is 6.61 Å². The number of benzene rings is 2. The van der Waals surface area contributed by atoms with Crippen LogP contribution in [0.15, 0.2) is 59.4 Å². The van der Waals surface area contributed by atoms with Crippen LogP contribution in [0.2, 0.25) is 0 Å². The zero-order valence-electron chi connectivity index (χ0n) is 16.4. The average Bonchev–Trinajstić information content (AvgIpc) is 3.29. The first-order valence-electron chi connectivity index (χ1n) is 9.21. The summed E-state index contributed by atoms with van der Waals surface area (Å²) in [6.45, 7) is 0.954. The predicted octanol–water partition coefficient (Wildman–Crippen LogP) is 3.28. The molecule has 0 bridgehead atoms. The average molecular weight is 426 g/mol. The van der Waals surface area contributed by atoms with Crippen molar-refractivity contribution in [1.29, 1.82) is 0 Å². The number of thiazole rings is 1. The van der Waals surface area contributed by atoms with Crippen molar-refractivity contribution in [2.75, 3.05) is 25.5 Å². The fourth-order valence-corrected chi connectivity index (χ4v) is 3.04. The van der Waals surface area contributed by atoms with Crippen LogP contribution in [0.5, 0.6) is 11.5 Å². The summed E-state index contributed by atoms with van der Waals surface area (Å²) in [5.41, 5.74) is 3.73. The van der Waals surface area contributed by atoms with Crippen molar-refractivity contribution in [3.05, 3.63) is 70.7 Å². The third-order valence-corrected chi connectivity index (χ3v) is 4.65. The molecule has 0 saturated heterocycles. The highest BCUT2D eigenvalue weighted by molar-refractivity contribution is 7.07. The zero-order chi connectivity index (χ0) is 21.2. The van der Waals surface area contributed by atoms with Crippen LogP contribution in [-0.4, -0.2) is 37.1 Å². The fourth-order valence-electron chi connectivity index (χ4n) is 2.50. The highest BCUT2D eigenvalue weighted by Crippen LogP contribution is 2.18. The van der Waals surface area contributed by atoms with Gasteiger partial charge in [0.2, 0.25) is 0 Å². The maximum absolute atomic E-state index is 12.1. The molecule has 0 aliphatic carbocycles. The van der Waals surface area contributed by atoms with Gasteiger partial charge in [0.25, 0.3) is 5.91 Å². The molecule has 1 aromatic heterocycles. The molecular formula is C21H22N4O4S. The van der Waals surface area contributed by atoms with Crippen LogP contribution in [0.4, 0.5) is 10.5 Å². The number of rotatable bonds is 9. The van der Waals surface area contributed by atoms with Crippen molar-refractivity contribution in [2.45, 2.75) is 6.61 Å². The van der Waals surface area contributed by atoms with Gasteiger partial charge in [-0.1, -0.05) is 6.07 Å². The third kappa shape index (κ3) is 6.49. The highest BCUT2D eigenvalue weighted by atomic mass is 32.1. The molecule has 0 spiro atoms. The Morgan fingerprint density at radius 1 is 1.03 bits per heavy atom. The number of hydrogen-bond donors (Lipinski definition) is 3. The van der Waals surface area contributed by atoms with Gasteiger partial charge in [-0.05, 0) is 36.4 Å². The summed E-state index contributed by atoms with van der Waals surface area (Å²) in [4.78, 5) is 28.3. The van der Waals surface area contributed by atoms with Gasteiger partial charge < -0.3 is 25.4 Å². The maximum atomic E-state index is 12.1. The first-order chi connectivity index (χ1) is 14.6. The summed E-state index contributed by atoms with van der Waals surface area (Å²) in [5.74, 6) is 1.10. The third-order valence-electron chi connectivity index (χ3n) is 4.01. The molecule has 9 heteroatoms. The first kappa shape index (κ1) is 21.1. The Balaban J connectivity index is 1.38. The Morgan fingerprint density at radius 3 is 2.57 bits per heavy atom. The van der Waals surface area contributed by atoms with Crippen molar-refractivity contribution < 1.29 is 19.1 Å². The minimum absolute atomic E-state index is 0.218. The lowest BCUT2D eigenvalue weighted by atomic mass is 10.2. The Morgan fingerprint density at radius 2 is 1.83 bits per heavy atom. The first-order valence-corrected chi connectivity index (χ1v) is 10.2. The Kier molecular flexibility index (Phi) is 7.62. The van der Waals surface area contributed by atoms with Crippen LogP contribution < -0.4 is 25.4 Å². The molecule has 3 aromatic rings. The van der Waals surface area contributed by atoms with E-state index >= 15 is 0 Å². The van der Waals surface area contributed by atoms with Crippen LogP contribution in [0.25, 0.3) is 0 Å². The van der Waals surface area contributed by atoms with Gasteiger partial charge >= 0.3 is 6.03 Å². The molecule has 0 aliphatic heterocycles. The van der Waals surface area contributed by atoms with E-state index in [1.807, 2.05) is 11.4 Å². The molecule has 0 fully saturated rings. The molecule has 0 saturated carbocycles. The molecule has 8 nitrogen and oxygen atoms in total. The summed E-state index contributed by atoms with van der Waals surface area (Å²) >= 11 is 1.51. The number of urea groups is 1. The van der Waals surface area contributed by atoms with Gasteiger partial charge in [-0.3, -0.25) is 4.79 Å². The second-order valence-corrected chi connectivity index (χ2v) is 6.88. The Labute approximate surface area is 178 Å². The van der Waals surface area contributed by atoms with E-state index in [1.54, 1.807) is 55.1 Å². The maximum Gasteiger partial charge on any atom is 0.319 e. The molecule has 3 N–H and O–H groups in total. The number of anilines is 1. The number of carbonyl (C=O) groups is 2. The van der Waals surface area contributed by atoms with Crippen LogP contribution >= 0.6 is 11.3 Å². The monoisotopic (exact) mass is 426 g/mol. The molecule has 3 rings (SSSR count). The van der Waals surface area contributed by atoms with Crippen molar-refractivity contribution in [3.8, 4) is 11.5 Å². The number of hydrogen-bond acceptors (Lipinski definition) is 6. The molecule has 0 unspecified atom stereocenters. The van der Waals surface area contributed by atoms with Crippen LogP contribution in [0, 0.1) is 0 Å². The van der Waals surface area contributed by atoms with Crippen molar-refractivity contribution in [2.24, 2.45) is 0 Å². The molecule has 0 radical (unpaired) electrons. The zero-order valence-corrected chi connectivity index (χ0v) is 17.2. The number of amides is 3. The number of aromatic nitrogens is 1. The van der Waals surface area contributed by atoms with E-state index in [-0.39, 0.29) is 18.5 Å². The highest BCUT2D eigenvalue weighted by Gasteiger charge is 2.06. The van der Waals surface area contributed by atoms with Crippen molar-refractivity contribution in [1.82, 2.24) is 15.6 Å². The van der Waals surface area contributed by atoms with E-state index < -0.39 is 0 Å². The van der Waals surface area contributed by atoms with E-state index in [0.717, 1.165) is 5.69 Å². The van der Waals surface area contributed by atoms with Gasteiger partial charge in [0.05, 0.1) is 18.3 Å². The normalized spacial score (nSPS) is 10.2. The van der Waals surface area contributed by atoms with Gasteiger partial charge in [-0.15, -0.1) is 11.3 Å².